The fraction of sp³-hybridized carbons (Fsp3) is 0.650. The molecule has 126 valence electrons. The molecular weight excluding hydrogens is 284 g/mol. The second-order valence-electron chi connectivity index (χ2n) is 7.45. The number of hydrogen-bond acceptors (Lipinski definition) is 1. The Balaban J connectivity index is 1.56. The Morgan fingerprint density at radius 3 is 2.48 bits per heavy atom. The Bertz CT molecular complexity index is 503. The van der Waals surface area contributed by atoms with Crippen molar-refractivity contribution in [2.45, 2.75) is 52.0 Å². The molecule has 2 atom stereocenters. The number of carbonyl (C=O) groups excluding carboxylic acids is 1. The van der Waals surface area contributed by atoms with Gasteiger partial charge in [-0.2, -0.15) is 0 Å². The second-order valence-corrected chi connectivity index (χ2v) is 7.45. The lowest BCUT2D eigenvalue weighted by Gasteiger charge is -2.32. The Kier molecular flexibility index (Phi) is 5.71. The Labute approximate surface area is 140 Å². The molecule has 1 aromatic carbocycles. The minimum absolute atomic E-state index is 0.252. The maximum Gasteiger partial charge on any atom is 0.231 e. The summed E-state index contributed by atoms with van der Waals surface area (Å²) >= 11 is 0. The molecule has 2 aliphatic rings. The van der Waals surface area contributed by atoms with Gasteiger partial charge in [0.15, 0.2) is 0 Å². The zero-order valence-electron chi connectivity index (χ0n) is 14.5. The highest BCUT2D eigenvalue weighted by Gasteiger charge is 2.31. The monoisotopic (exact) mass is 315 g/mol. The third-order valence-corrected chi connectivity index (χ3v) is 5.46. The van der Waals surface area contributed by atoms with Crippen molar-refractivity contribution in [2.75, 3.05) is 26.2 Å². The Morgan fingerprint density at radius 2 is 1.78 bits per heavy atom. The van der Waals surface area contributed by atoms with Crippen molar-refractivity contribution in [3.8, 4) is 0 Å². The van der Waals surface area contributed by atoms with Crippen molar-refractivity contribution in [1.29, 1.82) is 0 Å². The molecule has 0 bridgehead atoms. The highest BCUT2D eigenvalue weighted by molar-refractivity contribution is 5.79. The van der Waals surface area contributed by atoms with E-state index in [4.69, 9.17) is 0 Å². The lowest BCUT2D eigenvalue weighted by molar-refractivity contribution is -0.921. The molecule has 2 fully saturated rings. The van der Waals surface area contributed by atoms with E-state index in [2.05, 4.69) is 36.1 Å². The maximum absolute atomic E-state index is 12.9. The molecule has 1 N–H and O–H groups in total. The van der Waals surface area contributed by atoms with Gasteiger partial charge >= 0.3 is 0 Å². The van der Waals surface area contributed by atoms with Gasteiger partial charge in [0.2, 0.25) is 5.91 Å². The molecule has 0 saturated carbocycles. The molecule has 2 heterocycles. The van der Waals surface area contributed by atoms with Crippen molar-refractivity contribution < 1.29 is 9.69 Å². The van der Waals surface area contributed by atoms with Crippen LogP contribution in [0.5, 0.6) is 0 Å². The summed E-state index contributed by atoms with van der Waals surface area (Å²) in [7, 11) is 0. The van der Waals surface area contributed by atoms with Gasteiger partial charge in [-0.25, -0.2) is 0 Å². The van der Waals surface area contributed by atoms with Gasteiger partial charge < -0.3 is 9.80 Å². The molecule has 1 aromatic rings. The van der Waals surface area contributed by atoms with Crippen LogP contribution in [-0.2, 0) is 11.3 Å². The average Bonchev–Trinajstić information content (AvgIpc) is 2.86. The van der Waals surface area contributed by atoms with Gasteiger partial charge in [0.1, 0.15) is 6.54 Å². The Morgan fingerprint density at radius 1 is 1.09 bits per heavy atom. The van der Waals surface area contributed by atoms with Crippen LogP contribution in [0.3, 0.4) is 0 Å². The van der Waals surface area contributed by atoms with Gasteiger partial charge in [0.05, 0.1) is 19.0 Å². The lowest BCUT2D eigenvalue weighted by Crippen LogP contribution is -3.12. The summed E-state index contributed by atoms with van der Waals surface area (Å²) in [5, 5.41) is 0. The van der Waals surface area contributed by atoms with Crippen LogP contribution in [0.15, 0.2) is 24.3 Å². The molecule has 0 spiro atoms. The van der Waals surface area contributed by atoms with Gasteiger partial charge in [-0.1, -0.05) is 42.7 Å². The van der Waals surface area contributed by atoms with Gasteiger partial charge in [0.25, 0.3) is 0 Å². The smallest absolute Gasteiger partial charge is 0.231 e. The Hall–Kier alpha value is -1.35. The molecule has 1 unspecified atom stereocenters. The number of piperidine rings is 1. The highest BCUT2D eigenvalue weighted by Crippen LogP contribution is 2.16. The number of nitrogens with one attached hydrogen (secondary N) is 1. The number of benzene rings is 1. The van der Waals surface area contributed by atoms with E-state index in [1.807, 2.05) is 0 Å². The minimum Gasteiger partial charge on any atom is -0.342 e. The van der Waals surface area contributed by atoms with Crippen molar-refractivity contribution in [3.63, 3.8) is 0 Å². The lowest BCUT2D eigenvalue weighted by atomic mass is 9.96. The third kappa shape index (κ3) is 4.57. The summed E-state index contributed by atoms with van der Waals surface area (Å²) in [5.41, 5.74) is 2.71. The predicted molar refractivity (Wildman–Crippen MR) is 93.4 cm³/mol. The summed E-state index contributed by atoms with van der Waals surface area (Å²) in [6.07, 6.45) is 7.24. The highest BCUT2D eigenvalue weighted by atomic mass is 16.2. The topological polar surface area (TPSA) is 24.8 Å². The zero-order valence-corrected chi connectivity index (χ0v) is 14.5. The SMILES string of the molecule is Cc1ccc(C[NH+]2CCC[C@H](C(=O)N3CCCCCC3)C2)cc1. The molecule has 3 rings (SSSR count). The van der Waals surface area contributed by atoms with E-state index in [1.54, 1.807) is 4.90 Å². The molecule has 0 radical (unpaired) electrons. The van der Waals surface area contributed by atoms with Crippen LogP contribution in [0.1, 0.15) is 49.7 Å². The summed E-state index contributed by atoms with van der Waals surface area (Å²) in [5.74, 6) is 0.690. The van der Waals surface area contributed by atoms with Crippen LogP contribution in [0.4, 0.5) is 0 Å². The largest absolute Gasteiger partial charge is 0.342 e. The standard InChI is InChI=1S/C20H30N2O/c1-17-8-10-18(11-9-17)15-21-12-6-7-19(16-21)20(23)22-13-4-2-3-5-14-22/h8-11,19H,2-7,12-16H2,1H3/p+1/t19-/m0/s1. The predicted octanol–water partition coefficient (Wildman–Crippen LogP) is 2.19. The summed E-state index contributed by atoms with van der Waals surface area (Å²) < 4.78 is 0. The first-order chi connectivity index (χ1) is 11.2. The summed E-state index contributed by atoms with van der Waals surface area (Å²) in [6, 6.07) is 8.86. The number of aryl methyl sites for hydroxylation is 1. The zero-order chi connectivity index (χ0) is 16.1. The summed E-state index contributed by atoms with van der Waals surface area (Å²) in [4.78, 5) is 16.6. The second kappa shape index (κ2) is 7.96. The molecule has 0 aliphatic carbocycles. The van der Waals surface area contributed by atoms with Crippen LogP contribution in [0.25, 0.3) is 0 Å². The number of amides is 1. The number of quaternary nitrogens is 1. The third-order valence-electron chi connectivity index (χ3n) is 5.46. The first-order valence-electron chi connectivity index (χ1n) is 9.40. The van der Waals surface area contributed by atoms with Crippen molar-refractivity contribution in [3.05, 3.63) is 35.4 Å². The molecule has 23 heavy (non-hydrogen) atoms. The van der Waals surface area contributed by atoms with Gasteiger partial charge in [0, 0.05) is 18.7 Å². The fourth-order valence-corrected chi connectivity index (χ4v) is 4.07. The number of carbonyl (C=O) groups is 1. The van der Waals surface area contributed by atoms with Gasteiger partial charge in [-0.15, -0.1) is 0 Å². The fourth-order valence-electron chi connectivity index (χ4n) is 4.07. The van der Waals surface area contributed by atoms with Gasteiger partial charge in [-0.05, 0) is 32.6 Å². The minimum atomic E-state index is 0.252. The van der Waals surface area contributed by atoms with E-state index >= 15 is 0 Å². The van der Waals surface area contributed by atoms with Crippen LogP contribution >= 0.6 is 0 Å². The molecule has 3 heteroatoms. The number of likely N-dealkylation sites (tertiary alicyclic amines) is 2. The molecule has 1 amide bonds. The molecule has 2 aliphatic heterocycles. The number of rotatable bonds is 3. The van der Waals surface area contributed by atoms with E-state index < -0.39 is 0 Å². The number of hydrogen-bond donors (Lipinski definition) is 1. The van der Waals surface area contributed by atoms with Crippen LogP contribution < -0.4 is 4.90 Å². The van der Waals surface area contributed by atoms with Crippen molar-refractivity contribution >= 4 is 5.91 Å². The first kappa shape index (κ1) is 16.5. The van der Waals surface area contributed by atoms with Gasteiger partial charge in [-0.3, -0.25) is 4.79 Å². The molecule has 2 saturated heterocycles. The number of nitrogens with zero attached hydrogens (tertiary/aromatic N) is 1. The van der Waals surface area contributed by atoms with Crippen molar-refractivity contribution in [1.82, 2.24) is 4.90 Å². The average molecular weight is 315 g/mol. The van der Waals surface area contributed by atoms with Crippen LogP contribution in [-0.4, -0.2) is 37.0 Å². The molecule has 3 nitrogen and oxygen atoms in total. The van der Waals surface area contributed by atoms with E-state index in [0.717, 1.165) is 32.6 Å². The molecule has 0 aromatic heterocycles. The first-order valence-corrected chi connectivity index (χ1v) is 9.40. The quantitative estimate of drug-likeness (QED) is 0.909. The van der Waals surface area contributed by atoms with E-state index in [1.165, 1.54) is 49.8 Å². The maximum atomic E-state index is 12.9. The van der Waals surface area contributed by atoms with Crippen LogP contribution in [0.2, 0.25) is 0 Å². The van der Waals surface area contributed by atoms with Crippen molar-refractivity contribution in [2.24, 2.45) is 5.92 Å². The van der Waals surface area contributed by atoms with E-state index in [-0.39, 0.29) is 5.92 Å². The van der Waals surface area contributed by atoms with E-state index in [0.29, 0.717) is 5.91 Å². The summed E-state index contributed by atoms with van der Waals surface area (Å²) in [6.45, 7) is 7.39. The van der Waals surface area contributed by atoms with Crippen LogP contribution in [0, 0.1) is 12.8 Å². The normalized spacial score (nSPS) is 25.9. The van der Waals surface area contributed by atoms with E-state index in [9.17, 15) is 4.79 Å². The molecular formula is C20H31N2O+.